The van der Waals surface area contributed by atoms with Gasteiger partial charge in [0.15, 0.2) is 11.4 Å². The standard InChI is InChI=1S/C58H86O35S16.2Na/c1-34(47(64)65)39(43(60)10-5-6-18-106-92-90-75)27-102-54(94)98-20-11-38(59)26-89-58(31-86-44(61)12-21-99-55(95)103-28-40(35(2)48(66)67)51(72)83-15-7-19-107-93-91-76,32-87-45(62)13-22-100-56(96)104-29-41(36(3)49(68)69)52(73)84-16-8-24-108(77,78)79)33-88-46(63)14-23-101-57(97)105-30-42(37(4)50(70)71)53(74)85-17-9-25-109(80,81)82;;/h34-37,39-42,75-76H,5-33H2,1-4H3,(H,64,65)(H,66,67)(H,68,69)(H,70,71)(H,77,78,79)(H,80,81,82);;/q;2*+1/p-8. The van der Waals surface area contributed by atoms with Gasteiger partial charge in [-0.15, -0.1) is 94.1 Å². The van der Waals surface area contributed by atoms with Gasteiger partial charge in [0, 0.05) is 159 Å². The molecule has 0 aliphatic rings. The van der Waals surface area contributed by atoms with E-state index < -0.39 is 215 Å². The summed E-state index contributed by atoms with van der Waals surface area (Å²) in [5.41, 5.74) is -2.23. The number of aliphatic carboxylic acids is 4. The number of esters is 6. The van der Waals surface area contributed by atoms with Gasteiger partial charge in [-0.25, -0.2) is 16.8 Å². The van der Waals surface area contributed by atoms with Crippen molar-refractivity contribution in [3.63, 3.8) is 0 Å². The first-order valence-electron chi connectivity index (χ1n) is 31.9. The molecule has 0 heterocycles. The van der Waals surface area contributed by atoms with Crippen LogP contribution >= 0.6 is 167 Å². The molecule has 0 fully saturated rings. The largest absolute Gasteiger partial charge is 1.00 e. The van der Waals surface area contributed by atoms with Gasteiger partial charge in [-0.3, -0.25) is 48.4 Å². The van der Waals surface area contributed by atoms with Gasteiger partial charge in [-0.1, -0.05) is 76.6 Å². The number of hydrogen-bond donors (Lipinski definition) is 0. The van der Waals surface area contributed by atoms with Crippen LogP contribution in [-0.4, -0.2) is 232 Å². The van der Waals surface area contributed by atoms with Crippen LogP contribution in [0.2, 0.25) is 0 Å². The number of rotatable bonds is 62. The summed E-state index contributed by atoms with van der Waals surface area (Å²) >= 11 is 30.2. The Balaban J connectivity index is -0.0000583. The minimum Gasteiger partial charge on any atom is -0.748 e. The van der Waals surface area contributed by atoms with E-state index in [4.69, 9.17) is 82.0 Å². The van der Waals surface area contributed by atoms with Crippen LogP contribution in [0.5, 0.6) is 0 Å². The number of ether oxygens (including phenoxy) is 7. The van der Waals surface area contributed by atoms with E-state index in [1.807, 2.05) is 0 Å². The minimum atomic E-state index is -4.65. The topological polar surface area (TPSA) is 559 Å². The third-order valence-electron chi connectivity index (χ3n) is 14.2. The summed E-state index contributed by atoms with van der Waals surface area (Å²) < 4.78 is 113. The van der Waals surface area contributed by atoms with E-state index in [0.717, 1.165) is 120 Å². The van der Waals surface area contributed by atoms with E-state index in [1.165, 1.54) is 13.8 Å². The molecule has 0 spiro atoms. The number of hydrogen-bond acceptors (Lipinski definition) is 49. The van der Waals surface area contributed by atoms with E-state index in [9.17, 15) is 114 Å². The van der Waals surface area contributed by atoms with Crippen LogP contribution in [0.3, 0.4) is 0 Å². The number of unbranched alkanes of at least 4 members (excludes halogenated alkanes) is 1. The van der Waals surface area contributed by atoms with Crippen molar-refractivity contribution in [2.45, 2.75) is 97.5 Å². The number of carbonyl (C=O) groups is 12. The molecule has 0 amide bonds. The fourth-order valence-corrected chi connectivity index (χ4v) is 19.2. The van der Waals surface area contributed by atoms with Crippen molar-refractivity contribution in [1.29, 1.82) is 0 Å². The summed E-state index contributed by atoms with van der Waals surface area (Å²) in [6, 6.07) is 0. The van der Waals surface area contributed by atoms with Crippen molar-refractivity contribution in [2.75, 3.05) is 115 Å². The maximum Gasteiger partial charge on any atom is 1.00 e. The summed E-state index contributed by atoms with van der Waals surface area (Å²) in [7, 11) is -9.29. The van der Waals surface area contributed by atoms with Gasteiger partial charge in [0.2, 0.25) is 0 Å². The number of thioether (sulfide) groups is 8. The number of Topliss-reactive ketones (excluding diaryl/α,β-unsaturated/α-hetero) is 2. The van der Waals surface area contributed by atoms with Gasteiger partial charge in [-0.2, -0.15) is 8.67 Å². The van der Waals surface area contributed by atoms with Gasteiger partial charge in [0.1, 0.15) is 46.3 Å². The second-order valence-electron chi connectivity index (χ2n) is 22.4. The van der Waals surface area contributed by atoms with Crippen molar-refractivity contribution in [3.05, 3.63) is 0 Å². The van der Waals surface area contributed by atoms with E-state index >= 15 is 0 Å². The summed E-state index contributed by atoms with van der Waals surface area (Å²) in [4.78, 5) is 154. The Bertz CT molecular complexity index is 3010. The molecule has 0 rings (SSSR count). The second kappa shape index (κ2) is 66.2. The van der Waals surface area contributed by atoms with Gasteiger partial charge in [-0.05, 0) is 32.1 Å². The molecule has 0 aliphatic carbocycles. The van der Waals surface area contributed by atoms with Gasteiger partial charge < -0.3 is 92.4 Å². The van der Waals surface area contributed by atoms with E-state index in [2.05, 4.69) is 18.7 Å². The summed E-state index contributed by atoms with van der Waals surface area (Å²) in [5, 5.41) is 73.9. The molecule has 35 nitrogen and oxygen atoms in total. The number of ketones is 2. The smallest absolute Gasteiger partial charge is 0.748 e. The van der Waals surface area contributed by atoms with Crippen LogP contribution in [0.4, 0.5) is 0 Å². The second-order valence-corrected chi connectivity index (χ2v) is 40.3. The number of carboxylic acid groups (broad SMARTS) is 4. The maximum absolute atomic E-state index is 13.7. The van der Waals surface area contributed by atoms with E-state index in [-0.39, 0.29) is 164 Å². The van der Waals surface area contributed by atoms with Crippen molar-refractivity contribution in [3.8, 4) is 0 Å². The van der Waals surface area contributed by atoms with Crippen LogP contribution in [0.25, 0.3) is 0 Å². The molecule has 0 N–H and O–H groups in total. The normalized spacial score (nSPS) is 14.1. The van der Waals surface area contributed by atoms with Crippen LogP contribution in [0, 0.1) is 47.3 Å². The molecule has 8 atom stereocenters. The Labute approximate surface area is 749 Å². The quantitative estimate of drug-likeness (QED) is 0.00629. The van der Waals surface area contributed by atoms with Crippen LogP contribution in [0.1, 0.15) is 91.9 Å². The molecule has 0 saturated carbocycles. The fourth-order valence-electron chi connectivity index (χ4n) is 7.71. The molecule has 0 saturated heterocycles. The van der Waals surface area contributed by atoms with Crippen LogP contribution < -0.4 is 90.1 Å². The molecular weight excluding hydrogens is 1820 g/mol. The zero-order valence-corrected chi connectivity index (χ0v) is 77.5. The molecule has 8 unspecified atom stereocenters. The predicted octanol–water partition coefficient (Wildman–Crippen LogP) is -6.10. The van der Waals surface area contributed by atoms with Crippen molar-refractivity contribution in [1.82, 2.24) is 0 Å². The SMILES string of the molecule is CC(C(=O)[O-])C(CSC(=S)SCCC(=O)COC(COC(=O)CCSC(=S)SCC(C(=O)OCCCSOO[O-])C(C)C(=O)[O-])(COC(=O)CCSC(=S)SCC(C(=O)OCCCS(=O)(=O)[O-])C(C)C(=O)[O-])COC(=O)CCSC(=S)SCC(C(=O)OCCCS(=O)(=O)[O-])C(C)C(=O)[O-])C(=O)CCCCSOO[O-].[Na+].[Na+]. The van der Waals surface area contributed by atoms with E-state index in [0.29, 0.717) is 30.6 Å². The van der Waals surface area contributed by atoms with E-state index in [1.54, 1.807) is 0 Å². The van der Waals surface area contributed by atoms with Gasteiger partial charge in [0.25, 0.3) is 0 Å². The zero-order chi connectivity index (χ0) is 82.7. The summed E-state index contributed by atoms with van der Waals surface area (Å²) in [6.45, 7) is -0.0123. The van der Waals surface area contributed by atoms with Crippen molar-refractivity contribution < 1.29 is 225 Å². The molecule has 0 aromatic heterocycles. The Kier molecular flexibility index (Phi) is 68.3. The third kappa shape index (κ3) is 58.1. The van der Waals surface area contributed by atoms with Crippen molar-refractivity contribution >= 4 is 273 Å². The first-order chi connectivity index (χ1) is 51.2. The molecule has 0 aromatic rings. The predicted molar refractivity (Wildman–Crippen MR) is 410 cm³/mol. The first kappa shape index (κ1) is 115. The Morgan fingerprint density at radius 3 is 1.00 bits per heavy atom. The molecule has 0 bridgehead atoms. The molecule has 0 aromatic carbocycles. The summed E-state index contributed by atoms with van der Waals surface area (Å²) in [5.74, 6) is -26.3. The Morgan fingerprint density at radius 1 is 0.387 bits per heavy atom. The number of carboxylic acids is 4. The Morgan fingerprint density at radius 2 is 0.685 bits per heavy atom. The molecule has 624 valence electrons. The molecular formula is C58H78Na2O35S16-6. The third-order valence-corrected chi connectivity index (χ3v) is 28.3. The van der Waals surface area contributed by atoms with Crippen LogP contribution in [-0.2, 0) is 130 Å². The fraction of sp³-hybridized carbons (Fsp3) is 0.724. The summed E-state index contributed by atoms with van der Waals surface area (Å²) in [6.07, 6.45) is -1.46. The molecule has 53 heteroatoms. The first-order valence-corrected chi connectivity index (χ1v) is 46.4. The molecule has 0 radical (unpaired) electrons. The number of carbonyl (C=O) groups excluding carboxylic acids is 12. The monoisotopic (exact) mass is 1890 g/mol. The zero-order valence-electron chi connectivity index (χ0n) is 60.4. The minimum absolute atomic E-state index is 0. The average Bonchev–Trinajstić information content (AvgIpc) is 1.00. The number of thiocarbonyl (C=S) groups is 4. The average molecular weight is 1890 g/mol. The van der Waals surface area contributed by atoms with Gasteiger partial charge >= 0.3 is 94.9 Å². The van der Waals surface area contributed by atoms with Crippen LogP contribution in [0.15, 0.2) is 0 Å². The van der Waals surface area contributed by atoms with Crippen molar-refractivity contribution in [2.24, 2.45) is 47.3 Å². The van der Waals surface area contributed by atoms with Gasteiger partial charge in [0.05, 0.1) is 77.1 Å². The Hall–Kier alpha value is -0.560. The maximum atomic E-state index is 13.7. The molecule has 111 heavy (non-hydrogen) atoms. The molecule has 0 aliphatic heterocycles.